The average Bonchev–Trinajstić information content (AvgIpc) is 3.27. The quantitative estimate of drug-likeness (QED) is 0.555. The molecule has 0 radical (unpaired) electrons. The summed E-state index contributed by atoms with van der Waals surface area (Å²) in [5, 5.41) is 13.4. The van der Waals surface area contributed by atoms with Gasteiger partial charge in [0.1, 0.15) is 10.8 Å². The van der Waals surface area contributed by atoms with Crippen LogP contribution in [0.25, 0.3) is 11.4 Å². The van der Waals surface area contributed by atoms with Gasteiger partial charge in [0.15, 0.2) is 0 Å². The molecule has 3 heterocycles. The maximum atomic E-state index is 12.6. The van der Waals surface area contributed by atoms with Crippen molar-refractivity contribution >= 4 is 22.4 Å². The standard InChI is InChI=1S/C25H28N6O2S/c1-14-19(22(33)29-21(27-14)18-3-2-6-26-13-18)4-5-20(32)28-24-31-30-23(34-24)25-10-15-7-16(11-25)9-17(8-15)12-25/h2-3,6,13,15-17H,4-5,7-12H2,1H3,(H,27,29,33)(H,28,31,32). The van der Waals surface area contributed by atoms with Crippen molar-refractivity contribution in [2.45, 2.75) is 63.7 Å². The van der Waals surface area contributed by atoms with Gasteiger partial charge in [0.05, 0.1) is 0 Å². The lowest BCUT2D eigenvalue weighted by molar-refractivity contribution is -0.116. The molecule has 176 valence electrons. The van der Waals surface area contributed by atoms with Crippen molar-refractivity contribution < 1.29 is 4.79 Å². The number of nitrogens with one attached hydrogen (secondary N) is 2. The number of aromatic amines is 1. The first-order valence-corrected chi connectivity index (χ1v) is 12.9. The molecule has 34 heavy (non-hydrogen) atoms. The molecule has 4 saturated carbocycles. The minimum atomic E-state index is -0.223. The van der Waals surface area contributed by atoms with Crippen molar-refractivity contribution in [1.29, 1.82) is 0 Å². The lowest BCUT2D eigenvalue weighted by atomic mass is 9.50. The van der Waals surface area contributed by atoms with E-state index >= 15 is 0 Å². The molecule has 3 aromatic rings. The molecule has 0 saturated heterocycles. The summed E-state index contributed by atoms with van der Waals surface area (Å²) in [6, 6.07) is 3.64. The first kappa shape index (κ1) is 21.6. The van der Waals surface area contributed by atoms with E-state index in [-0.39, 0.29) is 23.3 Å². The fourth-order valence-electron chi connectivity index (χ4n) is 6.83. The van der Waals surface area contributed by atoms with Crippen LogP contribution in [0.5, 0.6) is 0 Å². The Kier molecular flexibility index (Phi) is 5.32. The van der Waals surface area contributed by atoms with Crippen molar-refractivity contribution in [3.05, 3.63) is 51.1 Å². The van der Waals surface area contributed by atoms with Crippen molar-refractivity contribution in [2.75, 3.05) is 5.32 Å². The van der Waals surface area contributed by atoms with Crippen LogP contribution < -0.4 is 10.9 Å². The third-order valence-corrected chi connectivity index (χ3v) is 9.01. The number of aryl methyl sites for hydroxylation is 1. The van der Waals surface area contributed by atoms with Gasteiger partial charge >= 0.3 is 0 Å². The van der Waals surface area contributed by atoms with E-state index in [9.17, 15) is 9.59 Å². The van der Waals surface area contributed by atoms with Crippen LogP contribution in [0.1, 0.15) is 61.2 Å². The van der Waals surface area contributed by atoms with Gasteiger partial charge in [0, 0.05) is 41.1 Å². The normalized spacial score (nSPS) is 27.1. The van der Waals surface area contributed by atoms with Crippen molar-refractivity contribution in [2.24, 2.45) is 17.8 Å². The topological polar surface area (TPSA) is 114 Å². The molecule has 1 amide bonds. The highest BCUT2D eigenvalue weighted by molar-refractivity contribution is 7.15. The molecule has 0 spiro atoms. The molecular formula is C25H28N6O2S. The zero-order valence-corrected chi connectivity index (χ0v) is 20.0. The van der Waals surface area contributed by atoms with Crippen LogP contribution in [-0.2, 0) is 16.6 Å². The Bertz CT molecular complexity index is 1250. The fourth-order valence-corrected chi connectivity index (χ4v) is 7.80. The Morgan fingerprint density at radius 3 is 2.56 bits per heavy atom. The van der Waals surface area contributed by atoms with E-state index in [4.69, 9.17) is 0 Å². The van der Waals surface area contributed by atoms with E-state index in [1.807, 2.05) is 6.07 Å². The summed E-state index contributed by atoms with van der Waals surface area (Å²) in [6.45, 7) is 1.80. The van der Waals surface area contributed by atoms with Gasteiger partial charge in [-0.25, -0.2) is 4.98 Å². The number of H-pyrrole nitrogens is 1. The van der Waals surface area contributed by atoms with Crippen LogP contribution in [0.2, 0.25) is 0 Å². The largest absolute Gasteiger partial charge is 0.306 e. The lowest BCUT2D eigenvalue weighted by Crippen LogP contribution is -2.48. The van der Waals surface area contributed by atoms with Gasteiger partial charge in [0.2, 0.25) is 11.0 Å². The minimum Gasteiger partial charge on any atom is -0.306 e. The number of amides is 1. The molecule has 0 aromatic carbocycles. The summed E-state index contributed by atoms with van der Waals surface area (Å²) in [4.78, 5) is 36.7. The highest BCUT2D eigenvalue weighted by Crippen LogP contribution is 2.61. The van der Waals surface area contributed by atoms with Crippen LogP contribution in [0.15, 0.2) is 29.3 Å². The molecule has 4 aliphatic rings. The first-order valence-electron chi connectivity index (χ1n) is 12.1. The van der Waals surface area contributed by atoms with E-state index in [0.717, 1.165) is 28.3 Å². The molecule has 0 aliphatic heterocycles. The van der Waals surface area contributed by atoms with Gasteiger partial charge in [-0.05, 0) is 81.8 Å². The molecule has 8 nitrogen and oxygen atoms in total. The Labute approximate surface area is 201 Å². The third-order valence-electron chi connectivity index (χ3n) is 7.92. The van der Waals surface area contributed by atoms with Crippen LogP contribution in [0, 0.1) is 24.7 Å². The van der Waals surface area contributed by atoms with Gasteiger partial charge in [-0.15, -0.1) is 10.2 Å². The molecule has 0 atom stereocenters. The monoisotopic (exact) mass is 476 g/mol. The lowest BCUT2D eigenvalue weighted by Gasteiger charge is -2.55. The number of rotatable bonds is 6. The molecule has 4 aliphatic carbocycles. The van der Waals surface area contributed by atoms with Gasteiger partial charge in [-0.1, -0.05) is 11.3 Å². The van der Waals surface area contributed by atoms with Gasteiger partial charge in [-0.3, -0.25) is 14.6 Å². The number of aromatic nitrogens is 5. The van der Waals surface area contributed by atoms with E-state index in [1.165, 1.54) is 49.9 Å². The molecule has 9 heteroatoms. The number of carbonyl (C=O) groups excluding carboxylic acids is 1. The number of nitrogens with zero attached hydrogens (tertiary/aromatic N) is 4. The minimum absolute atomic E-state index is 0.164. The summed E-state index contributed by atoms with van der Waals surface area (Å²) in [5.74, 6) is 2.84. The van der Waals surface area contributed by atoms with Gasteiger partial charge in [0.25, 0.3) is 5.56 Å². The van der Waals surface area contributed by atoms with E-state index in [2.05, 4.69) is 30.5 Å². The van der Waals surface area contributed by atoms with Gasteiger partial charge in [-0.2, -0.15) is 0 Å². The zero-order valence-electron chi connectivity index (χ0n) is 19.2. The predicted octanol–water partition coefficient (Wildman–Crippen LogP) is 4.03. The summed E-state index contributed by atoms with van der Waals surface area (Å²) in [6.07, 6.45) is 11.7. The maximum absolute atomic E-state index is 12.6. The highest BCUT2D eigenvalue weighted by atomic mass is 32.1. The number of carbonyl (C=O) groups is 1. The molecule has 4 bridgehead atoms. The van der Waals surface area contributed by atoms with E-state index in [1.54, 1.807) is 25.4 Å². The van der Waals surface area contributed by atoms with Crippen LogP contribution in [0.4, 0.5) is 5.13 Å². The highest BCUT2D eigenvalue weighted by Gasteiger charge is 2.53. The summed E-state index contributed by atoms with van der Waals surface area (Å²) in [5.41, 5.74) is 1.85. The van der Waals surface area contributed by atoms with Crippen LogP contribution in [-0.4, -0.2) is 31.1 Å². The SMILES string of the molecule is Cc1nc(-c2cccnc2)[nH]c(=O)c1CCC(=O)Nc1nnc(C23CC4CC(CC(C4)C2)C3)s1. The summed E-state index contributed by atoms with van der Waals surface area (Å²) < 4.78 is 0. The van der Waals surface area contributed by atoms with E-state index < -0.39 is 0 Å². The smallest absolute Gasteiger partial charge is 0.254 e. The van der Waals surface area contributed by atoms with Crippen molar-refractivity contribution in [1.82, 2.24) is 25.1 Å². The number of anilines is 1. The fraction of sp³-hybridized carbons (Fsp3) is 0.520. The molecule has 2 N–H and O–H groups in total. The Hall–Kier alpha value is -2.94. The second kappa shape index (κ2) is 8.37. The Balaban J connectivity index is 1.11. The first-order chi connectivity index (χ1) is 16.5. The molecular weight excluding hydrogens is 448 g/mol. The zero-order chi connectivity index (χ0) is 23.3. The van der Waals surface area contributed by atoms with Gasteiger partial charge < -0.3 is 10.3 Å². The van der Waals surface area contributed by atoms with Crippen molar-refractivity contribution in [3.63, 3.8) is 0 Å². The second-order valence-corrected chi connectivity index (χ2v) is 11.4. The molecule has 7 rings (SSSR count). The average molecular weight is 477 g/mol. The summed E-state index contributed by atoms with van der Waals surface area (Å²) in [7, 11) is 0. The van der Waals surface area contributed by atoms with E-state index in [0.29, 0.717) is 28.6 Å². The third kappa shape index (κ3) is 3.96. The van der Waals surface area contributed by atoms with Crippen LogP contribution in [0.3, 0.4) is 0 Å². The molecule has 0 unspecified atom stereocenters. The molecule has 3 aromatic heterocycles. The van der Waals surface area contributed by atoms with Crippen LogP contribution >= 0.6 is 11.3 Å². The maximum Gasteiger partial charge on any atom is 0.254 e. The summed E-state index contributed by atoms with van der Waals surface area (Å²) >= 11 is 1.54. The Morgan fingerprint density at radius 1 is 1.18 bits per heavy atom. The number of pyridine rings is 1. The molecule has 4 fully saturated rings. The number of hydrogen-bond donors (Lipinski definition) is 2. The number of hydrogen-bond acceptors (Lipinski definition) is 7. The van der Waals surface area contributed by atoms with Crippen molar-refractivity contribution in [3.8, 4) is 11.4 Å². The second-order valence-electron chi connectivity index (χ2n) is 10.4. The predicted molar refractivity (Wildman–Crippen MR) is 130 cm³/mol. The Morgan fingerprint density at radius 2 is 1.91 bits per heavy atom.